The number of pyridine rings is 1. The first-order valence-corrected chi connectivity index (χ1v) is 12.1. The summed E-state index contributed by atoms with van der Waals surface area (Å²) in [4.78, 5) is 17.0. The third-order valence-corrected chi connectivity index (χ3v) is 7.38. The topological polar surface area (TPSA) is 88.6 Å². The van der Waals surface area contributed by atoms with Crippen LogP contribution in [-0.2, 0) is 16.6 Å². The smallest absolute Gasteiger partial charge is 0.251 e. The van der Waals surface area contributed by atoms with Crippen LogP contribution in [0.3, 0.4) is 0 Å². The molecule has 1 aromatic heterocycles. The van der Waals surface area contributed by atoms with Crippen molar-refractivity contribution in [1.29, 1.82) is 0 Å². The van der Waals surface area contributed by atoms with Gasteiger partial charge in [0.2, 0.25) is 15.9 Å². The molecule has 0 fully saturated rings. The average molecular weight is 468 g/mol. The lowest BCUT2D eigenvalue weighted by Crippen LogP contribution is -2.33. The van der Waals surface area contributed by atoms with E-state index in [-0.39, 0.29) is 23.4 Å². The van der Waals surface area contributed by atoms with Crippen LogP contribution in [0.2, 0.25) is 0 Å². The van der Waals surface area contributed by atoms with Crippen molar-refractivity contribution in [2.45, 2.75) is 45.2 Å². The summed E-state index contributed by atoms with van der Waals surface area (Å²) in [6, 6.07) is 15.3. The molecule has 0 aliphatic carbocycles. The number of carbonyl (C=O) groups excluding carboxylic acids is 1. The Morgan fingerprint density at radius 1 is 1.06 bits per heavy atom. The van der Waals surface area contributed by atoms with Crippen molar-refractivity contribution in [3.8, 4) is 11.6 Å². The Morgan fingerprint density at radius 2 is 1.76 bits per heavy atom. The number of aryl methyl sites for hydroxylation is 2. The molecule has 3 rings (SSSR count). The Labute approximate surface area is 195 Å². The Hall–Kier alpha value is -3.23. The maximum Gasteiger partial charge on any atom is 0.251 e. The van der Waals surface area contributed by atoms with E-state index < -0.39 is 10.0 Å². The fraction of sp³-hybridized carbons (Fsp3) is 0.280. The van der Waals surface area contributed by atoms with Gasteiger partial charge in [-0.15, -0.1) is 0 Å². The molecule has 0 radical (unpaired) electrons. The maximum atomic E-state index is 12.6. The molecule has 0 aliphatic rings. The summed E-state index contributed by atoms with van der Waals surface area (Å²) >= 11 is 0. The van der Waals surface area contributed by atoms with Gasteiger partial charge >= 0.3 is 0 Å². The van der Waals surface area contributed by atoms with Crippen molar-refractivity contribution in [2.24, 2.45) is 0 Å². The SMILES string of the molecule is Cc1ccc(C)c(Oc2ccc(CNC(=O)c3ccc(S(=O)(=O)N(C)C(C)C)cc3)cn2)c1. The van der Waals surface area contributed by atoms with Crippen molar-refractivity contribution >= 4 is 15.9 Å². The molecular formula is C25H29N3O4S. The number of ether oxygens (including phenoxy) is 1. The van der Waals surface area contributed by atoms with Crippen LogP contribution in [0.5, 0.6) is 11.6 Å². The van der Waals surface area contributed by atoms with Crippen LogP contribution in [0, 0.1) is 13.8 Å². The Kier molecular flexibility index (Phi) is 7.50. The molecule has 33 heavy (non-hydrogen) atoms. The summed E-state index contributed by atoms with van der Waals surface area (Å²) in [6.45, 7) is 7.87. The molecule has 2 aromatic carbocycles. The molecule has 0 spiro atoms. The van der Waals surface area contributed by atoms with Crippen LogP contribution in [0.4, 0.5) is 0 Å². The predicted octanol–water partition coefficient (Wildman–Crippen LogP) is 4.45. The number of carbonyl (C=O) groups is 1. The second kappa shape index (κ2) is 10.1. The molecule has 0 bridgehead atoms. The highest BCUT2D eigenvalue weighted by Crippen LogP contribution is 2.24. The average Bonchev–Trinajstić information content (AvgIpc) is 2.80. The third-order valence-electron chi connectivity index (χ3n) is 5.33. The number of amides is 1. The van der Waals surface area contributed by atoms with Crippen LogP contribution in [0.25, 0.3) is 0 Å². The van der Waals surface area contributed by atoms with E-state index in [1.807, 2.05) is 38.1 Å². The Morgan fingerprint density at radius 3 is 2.36 bits per heavy atom. The molecule has 1 N–H and O–H groups in total. The van der Waals surface area contributed by atoms with Gasteiger partial charge in [0.05, 0.1) is 4.90 Å². The van der Waals surface area contributed by atoms with E-state index in [0.717, 1.165) is 22.4 Å². The van der Waals surface area contributed by atoms with E-state index in [4.69, 9.17) is 4.74 Å². The largest absolute Gasteiger partial charge is 0.439 e. The number of aromatic nitrogens is 1. The van der Waals surface area contributed by atoms with Crippen LogP contribution < -0.4 is 10.1 Å². The van der Waals surface area contributed by atoms with Gasteiger partial charge < -0.3 is 10.1 Å². The quantitative estimate of drug-likeness (QED) is 0.529. The van der Waals surface area contributed by atoms with E-state index in [0.29, 0.717) is 11.4 Å². The molecule has 7 nitrogen and oxygen atoms in total. The third kappa shape index (κ3) is 5.97. The number of hydrogen-bond donors (Lipinski definition) is 1. The van der Waals surface area contributed by atoms with E-state index in [9.17, 15) is 13.2 Å². The van der Waals surface area contributed by atoms with E-state index >= 15 is 0 Å². The van der Waals surface area contributed by atoms with Gasteiger partial charge in [-0.25, -0.2) is 13.4 Å². The molecular weight excluding hydrogens is 438 g/mol. The number of rotatable bonds is 8. The standard InChI is InChI=1S/C25H29N3O4S/c1-17(2)28(5)33(30,31)22-11-9-21(10-12-22)25(29)27-16-20-8-13-24(26-15-20)32-23-14-18(3)6-7-19(23)4/h6-15,17H,16H2,1-5H3,(H,27,29). The van der Waals surface area contributed by atoms with Crippen molar-refractivity contribution in [1.82, 2.24) is 14.6 Å². The fourth-order valence-corrected chi connectivity index (χ4v) is 4.38. The minimum atomic E-state index is -3.59. The lowest BCUT2D eigenvalue weighted by molar-refractivity contribution is 0.0950. The highest BCUT2D eigenvalue weighted by Gasteiger charge is 2.23. The Balaban J connectivity index is 1.60. The van der Waals surface area contributed by atoms with E-state index in [1.165, 1.54) is 35.6 Å². The van der Waals surface area contributed by atoms with Crippen molar-refractivity contribution < 1.29 is 17.9 Å². The summed E-state index contributed by atoms with van der Waals surface area (Å²) in [5.41, 5.74) is 3.32. The zero-order valence-corrected chi connectivity index (χ0v) is 20.3. The van der Waals surface area contributed by atoms with Gasteiger partial charge in [0.25, 0.3) is 5.91 Å². The minimum absolute atomic E-state index is 0.152. The highest BCUT2D eigenvalue weighted by atomic mass is 32.2. The normalized spacial score (nSPS) is 11.6. The lowest BCUT2D eigenvalue weighted by Gasteiger charge is -2.21. The molecule has 3 aromatic rings. The first-order chi connectivity index (χ1) is 15.6. The van der Waals surface area contributed by atoms with Gasteiger partial charge in [0.15, 0.2) is 0 Å². The second-order valence-electron chi connectivity index (χ2n) is 8.20. The molecule has 174 valence electrons. The Bertz CT molecular complexity index is 1220. The van der Waals surface area contributed by atoms with Crippen LogP contribution in [0.1, 0.15) is 40.9 Å². The molecule has 0 saturated carbocycles. The summed E-state index contributed by atoms with van der Waals surface area (Å²) in [7, 11) is -2.05. The second-order valence-corrected chi connectivity index (χ2v) is 10.2. The first kappa shape index (κ1) is 24.4. The van der Waals surface area contributed by atoms with Crippen molar-refractivity contribution in [2.75, 3.05) is 7.05 Å². The fourth-order valence-electron chi connectivity index (χ4n) is 3.01. The van der Waals surface area contributed by atoms with Gasteiger partial charge in [-0.2, -0.15) is 4.31 Å². The predicted molar refractivity (Wildman–Crippen MR) is 128 cm³/mol. The van der Waals surface area contributed by atoms with E-state index in [1.54, 1.807) is 26.1 Å². The van der Waals surface area contributed by atoms with Crippen molar-refractivity contribution in [3.05, 3.63) is 83.0 Å². The van der Waals surface area contributed by atoms with E-state index in [2.05, 4.69) is 10.3 Å². The minimum Gasteiger partial charge on any atom is -0.439 e. The monoisotopic (exact) mass is 467 g/mol. The summed E-state index contributed by atoms with van der Waals surface area (Å²) < 4.78 is 32.3. The molecule has 0 atom stereocenters. The zero-order valence-electron chi connectivity index (χ0n) is 19.5. The summed E-state index contributed by atoms with van der Waals surface area (Å²) in [5, 5.41) is 2.82. The summed E-state index contributed by atoms with van der Waals surface area (Å²) in [5.74, 6) is 0.933. The van der Waals surface area contributed by atoms with Gasteiger partial charge in [-0.05, 0) is 74.7 Å². The molecule has 1 amide bonds. The first-order valence-electron chi connectivity index (χ1n) is 10.6. The zero-order chi connectivity index (χ0) is 24.2. The number of hydrogen-bond acceptors (Lipinski definition) is 5. The van der Waals surface area contributed by atoms with Gasteiger partial charge in [0, 0.05) is 37.5 Å². The molecule has 0 aliphatic heterocycles. The molecule has 0 unspecified atom stereocenters. The van der Waals surface area contributed by atoms with Crippen molar-refractivity contribution in [3.63, 3.8) is 0 Å². The molecule has 0 saturated heterocycles. The number of sulfonamides is 1. The number of benzene rings is 2. The van der Waals surface area contributed by atoms with Gasteiger partial charge in [-0.1, -0.05) is 18.2 Å². The number of nitrogens with zero attached hydrogens (tertiary/aromatic N) is 2. The summed E-state index contributed by atoms with van der Waals surface area (Å²) in [6.07, 6.45) is 1.65. The molecule has 1 heterocycles. The van der Waals surface area contributed by atoms with Gasteiger partial charge in [-0.3, -0.25) is 4.79 Å². The number of nitrogens with one attached hydrogen (secondary N) is 1. The van der Waals surface area contributed by atoms with Gasteiger partial charge in [0.1, 0.15) is 5.75 Å². The molecule has 8 heteroatoms. The van der Waals surface area contributed by atoms with Crippen LogP contribution in [-0.4, -0.2) is 36.7 Å². The van der Waals surface area contributed by atoms with Crippen LogP contribution in [0.15, 0.2) is 65.7 Å². The highest BCUT2D eigenvalue weighted by molar-refractivity contribution is 7.89. The van der Waals surface area contributed by atoms with Crippen LogP contribution >= 0.6 is 0 Å². The lowest BCUT2D eigenvalue weighted by atomic mass is 10.1. The maximum absolute atomic E-state index is 12.6.